The molecule has 1 aliphatic heterocycles. The maximum Gasteiger partial charge on any atom is 0.107 e. The highest BCUT2D eigenvalue weighted by atomic mass is 32.1. The van der Waals surface area contributed by atoms with Crippen LogP contribution in [0.25, 0.3) is 0 Å². The highest BCUT2D eigenvalue weighted by Crippen LogP contribution is 2.16. The minimum atomic E-state index is 0.706. The molecule has 0 aromatic carbocycles. The molecule has 2 rings (SSSR count). The molecule has 0 aliphatic carbocycles. The predicted octanol–water partition coefficient (Wildman–Crippen LogP) is 2.03. The van der Waals surface area contributed by atoms with Crippen molar-refractivity contribution in [2.45, 2.75) is 33.9 Å². The second-order valence-electron chi connectivity index (χ2n) is 5.96. The molecule has 0 spiro atoms. The van der Waals surface area contributed by atoms with E-state index in [0.717, 1.165) is 19.6 Å². The number of thiazole rings is 1. The molecule has 1 aromatic heterocycles. The molecule has 0 bridgehead atoms. The number of likely N-dealkylation sites (N-methyl/N-ethyl adjacent to an activating group) is 1. The van der Waals surface area contributed by atoms with Crippen LogP contribution in [0.15, 0.2) is 6.20 Å². The zero-order chi connectivity index (χ0) is 14.4. The van der Waals surface area contributed by atoms with E-state index in [1.807, 2.05) is 17.5 Å². The van der Waals surface area contributed by atoms with Gasteiger partial charge in [0.25, 0.3) is 0 Å². The van der Waals surface area contributed by atoms with Crippen LogP contribution in [0.2, 0.25) is 0 Å². The van der Waals surface area contributed by atoms with Crippen LogP contribution in [0.5, 0.6) is 0 Å². The lowest BCUT2D eigenvalue weighted by Gasteiger charge is -2.33. The SMILES string of the molecule is CCN1CCN(Cc2ncc(CNCC(C)C)s2)CC1. The van der Waals surface area contributed by atoms with Crippen molar-refractivity contribution in [1.82, 2.24) is 20.1 Å². The van der Waals surface area contributed by atoms with Gasteiger partial charge in [-0.2, -0.15) is 0 Å². The Morgan fingerprint density at radius 1 is 1.25 bits per heavy atom. The lowest BCUT2D eigenvalue weighted by Crippen LogP contribution is -2.45. The van der Waals surface area contributed by atoms with Crippen LogP contribution in [0, 0.1) is 5.92 Å². The Morgan fingerprint density at radius 2 is 1.95 bits per heavy atom. The van der Waals surface area contributed by atoms with Crippen LogP contribution in [-0.4, -0.2) is 54.1 Å². The molecule has 1 aliphatic rings. The summed E-state index contributed by atoms with van der Waals surface area (Å²) in [4.78, 5) is 11.0. The average Bonchev–Trinajstić information content (AvgIpc) is 2.87. The topological polar surface area (TPSA) is 31.4 Å². The summed E-state index contributed by atoms with van der Waals surface area (Å²) in [5.74, 6) is 0.706. The van der Waals surface area contributed by atoms with Gasteiger partial charge in [-0.3, -0.25) is 4.90 Å². The molecule has 2 heterocycles. The normalized spacial score (nSPS) is 18.0. The summed E-state index contributed by atoms with van der Waals surface area (Å²) in [5.41, 5.74) is 0. The molecule has 1 saturated heterocycles. The first-order valence-corrected chi connectivity index (χ1v) is 8.58. The number of hydrogen-bond acceptors (Lipinski definition) is 5. The third-order valence-electron chi connectivity index (χ3n) is 3.72. The van der Waals surface area contributed by atoms with Gasteiger partial charge >= 0.3 is 0 Å². The quantitative estimate of drug-likeness (QED) is 0.834. The Kier molecular flexibility index (Phi) is 6.42. The van der Waals surface area contributed by atoms with Gasteiger partial charge in [0.2, 0.25) is 0 Å². The summed E-state index contributed by atoms with van der Waals surface area (Å²) >= 11 is 1.86. The summed E-state index contributed by atoms with van der Waals surface area (Å²) in [5, 5.41) is 4.74. The standard InChI is InChI=1S/C15H28N4S/c1-4-18-5-7-19(8-6-18)12-15-17-11-14(20-15)10-16-9-13(2)3/h11,13,16H,4-10,12H2,1-3H3. The van der Waals surface area contributed by atoms with Crippen LogP contribution < -0.4 is 5.32 Å². The van der Waals surface area contributed by atoms with Gasteiger partial charge in [0.15, 0.2) is 0 Å². The number of hydrogen-bond donors (Lipinski definition) is 1. The van der Waals surface area contributed by atoms with Crippen molar-refractivity contribution >= 4 is 11.3 Å². The Bertz CT molecular complexity index is 383. The van der Waals surface area contributed by atoms with Gasteiger partial charge in [-0.05, 0) is 19.0 Å². The third-order valence-corrected chi connectivity index (χ3v) is 4.71. The van der Waals surface area contributed by atoms with Crippen molar-refractivity contribution in [2.24, 2.45) is 5.92 Å². The third kappa shape index (κ3) is 5.13. The number of nitrogens with one attached hydrogen (secondary N) is 1. The van der Waals surface area contributed by atoms with Crippen molar-refractivity contribution in [1.29, 1.82) is 0 Å². The van der Waals surface area contributed by atoms with Gasteiger partial charge in [0, 0.05) is 43.8 Å². The molecule has 114 valence electrons. The maximum atomic E-state index is 4.57. The molecule has 4 nitrogen and oxygen atoms in total. The summed E-state index contributed by atoms with van der Waals surface area (Å²) < 4.78 is 0. The predicted molar refractivity (Wildman–Crippen MR) is 86.0 cm³/mol. The average molecular weight is 296 g/mol. The fraction of sp³-hybridized carbons (Fsp3) is 0.800. The van der Waals surface area contributed by atoms with E-state index in [1.54, 1.807) is 0 Å². The van der Waals surface area contributed by atoms with Crippen LogP contribution in [0.4, 0.5) is 0 Å². The monoisotopic (exact) mass is 296 g/mol. The molecule has 1 aromatic rings. The molecule has 0 amide bonds. The van der Waals surface area contributed by atoms with Gasteiger partial charge in [-0.25, -0.2) is 4.98 Å². The molecule has 0 atom stereocenters. The summed E-state index contributed by atoms with van der Waals surface area (Å²) in [7, 11) is 0. The number of rotatable bonds is 7. The fourth-order valence-corrected chi connectivity index (χ4v) is 3.38. The van der Waals surface area contributed by atoms with E-state index in [0.29, 0.717) is 5.92 Å². The Morgan fingerprint density at radius 3 is 2.60 bits per heavy atom. The molecular weight excluding hydrogens is 268 g/mol. The highest BCUT2D eigenvalue weighted by Gasteiger charge is 2.16. The molecule has 0 saturated carbocycles. The maximum absolute atomic E-state index is 4.57. The molecule has 20 heavy (non-hydrogen) atoms. The minimum Gasteiger partial charge on any atom is -0.312 e. The van der Waals surface area contributed by atoms with E-state index in [-0.39, 0.29) is 0 Å². The largest absolute Gasteiger partial charge is 0.312 e. The first-order valence-electron chi connectivity index (χ1n) is 7.76. The van der Waals surface area contributed by atoms with E-state index >= 15 is 0 Å². The second kappa shape index (κ2) is 8.08. The zero-order valence-corrected chi connectivity index (χ0v) is 13.9. The van der Waals surface area contributed by atoms with E-state index in [1.165, 1.54) is 42.6 Å². The van der Waals surface area contributed by atoms with E-state index in [9.17, 15) is 0 Å². The van der Waals surface area contributed by atoms with Gasteiger partial charge in [-0.1, -0.05) is 20.8 Å². The van der Waals surface area contributed by atoms with E-state index < -0.39 is 0 Å². The summed E-state index contributed by atoms with van der Waals surface area (Å²) in [6.45, 7) is 15.7. The fourth-order valence-electron chi connectivity index (χ4n) is 2.44. The molecule has 1 fully saturated rings. The van der Waals surface area contributed by atoms with E-state index in [4.69, 9.17) is 0 Å². The Hall–Kier alpha value is -0.490. The number of aromatic nitrogens is 1. The number of piperazine rings is 1. The summed E-state index contributed by atoms with van der Waals surface area (Å²) in [6.07, 6.45) is 2.04. The minimum absolute atomic E-state index is 0.706. The van der Waals surface area contributed by atoms with Crippen molar-refractivity contribution in [3.63, 3.8) is 0 Å². The Labute approximate surface area is 127 Å². The van der Waals surface area contributed by atoms with Crippen LogP contribution in [0.1, 0.15) is 30.7 Å². The smallest absolute Gasteiger partial charge is 0.107 e. The Balaban J connectivity index is 1.72. The molecule has 1 N–H and O–H groups in total. The van der Waals surface area contributed by atoms with Crippen LogP contribution >= 0.6 is 11.3 Å². The van der Waals surface area contributed by atoms with Crippen molar-refractivity contribution in [3.05, 3.63) is 16.1 Å². The molecular formula is C15H28N4S. The van der Waals surface area contributed by atoms with Crippen molar-refractivity contribution < 1.29 is 0 Å². The van der Waals surface area contributed by atoms with Crippen molar-refractivity contribution in [3.8, 4) is 0 Å². The zero-order valence-electron chi connectivity index (χ0n) is 13.1. The first-order chi connectivity index (χ1) is 9.67. The number of nitrogens with zero attached hydrogens (tertiary/aromatic N) is 3. The summed E-state index contributed by atoms with van der Waals surface area (Å²) in [6, 6.07) is 0. The van der Waals surface area contributed by atoms with Crippen LogP contribution in [0.3, 0.4) is 0 Å². The van der Waals surface area contributed by atoms with Gasteiger partial charge in [-0.15, -0.1) is 11.3 Å². The van der Waals surface area contributed by atoms with E-state index in [2.05, 4.69) is 40.9 Å². The van der Waals surface area contributed by atoms with Gasteiger partial charge in [0.05, 0.1) is 6.54 Å². The van der Waals surface area contributed by atoms with Gasteiger partial charge in [0.1, 0.15) is 5.01 Å². The van der Waals surface area contributed by atoms with Crippen LogP contribution in [-0.2, 0) is 13.1 Å². The first kappa shape index (κ1) is 15.9. The molecule has 0 radical (unpaired) electrons. The lowest BCUT2D eigenvalue weighted by atomic mass is 10.2. The van der Waals surface area contributed by atoms with Crippen molar-refractivity contribution in [2.75, 3.05) is 39.3 Å². The second-order valence-corrected chi connectivity index (χ2v) is 7.16. The highest BCUT2D eigenvalue weighted by molar-refractivity contribution is 7.11. The molecule has 5 heteroatoms. The molecule has 0 unspecified atom stereocenters. The van der Waals surface area contributed by atoms with Gasteiger partial charge < -0.3 is 10.2 Å². The lowest BCUT2D eigenvalue weighted by molar-refractivity contribution is 0.132.